The summed E-state index contributed by atoms with van der Waals surface area (Å²) in [6, 6.07) is 3.63. The molecular weight excluding hydrogens is 259 g/mol. The fourth-order valence-corrected chi connectivity index (χ4v) is 1.37. The van der Waals surface area contributed by atoms with Crippen LogP contribution in [0.4, 0.5) is 18.9 Å². The van der Waals surface area contributed by atoms with Crippen LogP contribution in [-0.4, -0.2) is 11.9 Å². The number of hydrogen-bond acceptors (Lipinski definition) is 3. The lowest BCUT2D eigenvalue weighted by Crippen LogP contribution is -2.34. The standard InChI is InChI=1S/C12H12F3N3O/c1-2-10(17)11(19)18-8-4-3-7(6-16)9(5-8)12(13,14)15/h3-5,10H,2,17H2,1H3,(H,18,19)/t10-/m1/s1. The molecule has 1 aromatic rings. The van der Waals surface area contributed by atoms with E-state index in [1.807, 2.05) is 0 Å². The third-order valence-electron chi connectivity index (χ3n) is 2.49. The molecule has 7 heteroatoms. The van der Waals surface area contributed by atoms with E-state index in [2.05, 4.69) is 5.32 Å². The summed E-state index contributed by atoms with van der Waals surface area (Å²) in [7, 11) is 0. The predicted molar refractivity (Wildman–Crippen MR) is 63.1 cm³/mol. The summed E-state index contributed by atoms with van der Waals surface area (Å²) in [5.74, 6) is -0.569. The highest BCUT2D eigenvalue weighted by Gasteiger charge is 2.34. The zero-order valence-electron chi connectivity index (χ0n) is 10.1. The minimum absolute atomic E-state index is 0.0415. The van der Waals surface area contributed by atoms with E-state index >= 15 is 0 Å². The predicted octanol–water partition coefficient (Wildman–Crippen LogP) is 2.25. The lowest BCUT2D eigenvalue weighted by atomic mass is 10.1. The molecule has 0 radical (unpaired) electrons. The van der Waals surface area contributed by atoms with Gasteiger partial charge in [0.05, 0.1) is 23.2 Å². The Labute approximate surface area is 108 Å². The van der Waals surface area contributed by atoms with Crippen molar-refractivity contribution in [2.75, 3.05) is 5.32 Å². The Balaban J connectivity index is 3.07. The Morgan fingerprint density at radius 1 is 1.53 bits per heavy atom. The number of nitriles is 1. The first-order chi connectivity index (χ1) is 8.79. The first-order valence-electron chi connectivity index (χ1n) is 5.47. The molecule has 102 valence electrons. The van der Waals surface area contributed by atoms with Gasteiger partial charge in [-0.15, -0.1) is 0 Å². The van der Waals surface area contributed by atoms with E-state index in [-0.39, 0.29) is 5.69 Å². The molecule has 0 aliphatic heterocycles. The molecule has 4 nitrogen and oxygen atoms in total. The van der Waals surface area contributed by atoms with Crippen molar-refractivity contribution in [1.82, 2.24) is 0 Å². The van der Waals surface area contributed by atoms with Gasteiger partial charge in [0.15, 0.2) is 0 Å². The highest BCUT2D eigenvalue weighted by atomic mass is 19.4. The van der Waals surface area contributed by atoms with E-state index in [4.69, 9.17) is 11.0 Å². The summed E-state index contributed by atoms with van der Waals surface area (Å²) in [6.45, 7) is 1.68. The van der Waals surface area contributed by atoms with Gasteiger partial charge in [-0.2, -0.15) is 18.4 Å². The monoisotopic (exact) mass is 271 g/mol. The average Bonchev–Trinajstić information content (AvgIpc) is 2.36. The van der Waals surface area contributed by atoms with E-state index in [0.29, 0.717) is 6.42 Å². The minimum atomic E-state index is -4.65. The van der Waals surface area contributed by atoms with Crippen LogP contribution in [0.1, 0.15) is 24.5 Å². The molecule has 19 heavy (non-hydrogen) atoms. The van der Waals surface area contributed by atoms with Crippen LogP contribution in [0.25, 0.3) is 0 Å². The van der Waals surface area contributed by atoms with E-state index in [9.17, 15) is 18.0 Å². The lowest BCUT2D eigenvalue weighted by Gasteiger charge is -2.13. The molecule has 0 aliphatic carbocycles. The maximum Gasteiger partial charge on any atom is 0.417 e. The minimum Gasteiger partial charge on any atom is -0.325 e. The Morgan fingerprint density at radius 3 is 2.63 bits per heavy atom. The molecule has 0 unspecified atom stereocenters. The molecule has 0 aromatic heterocycles. The van der Waals surface area contributed by atoms with Crippen LogP contribution in [0.2, 0.25) is 0 Å². The second-order valence-corrected chi connectivity index (χ2v) is 3.87. The van der Waals surface area contributed by atoms with Crippen molar-refractivity contribution in [1.29, 1.82) is 5.26 Å². The van der Waals surface area contributed by atoms with E-state index in [1.165, 1.54) is 12.1 Å². The number of amides is 1. The maximum absolute atomic E-state index is 12.7. The number of benzene rings is 1. The number of carbonyl (C=O) groups is 1. The maximum atomic E-state index is 12.7. The molecule has 0 bridgehead atoms. The second kappa shape index (κ2) is 5.71. The van der Waals surface area contributed by atoms with Crippen LogP contribution >= 0.6 is 0 Å². The number of halogens is 3. The molecule has 3 N–H and O–H groups in total. The number of nitrogens with two attached hydrogens (primary N) is 1. The Morgan fingerprint density at radius 2 is 2.16 bits per heavy atom. The summed E-state index contributed by atoms with van der Waals surface area (Å²) in [5.41, 5.74) is 3.84. The molecule has 0 heterocycles. The Kier molecular flexibility index (Phi) is 4.51. The van der Waals surface area contributed by atoms with Gasteiger partial charge in [0.2, 0.25) is 5.91 Å². The second-order valence-electron chi connectivity index (χ2n) is 3.87. The molecule has 0 saturated carbocycles. The molecule has 1 amide bonds. The van der Waals surface area contributed by atoms with Gasteiger partial charge in [-0.3, -0.25) is 4.79 Å². The molecule has 0 fully saturated rings. The van der Waals surface area contributed by atoms with Crippen molar-refractivity contribution in [3.63, 3.8) is 0 Å². The van der Waals surface area contributed by atoms with Crippen LogP contribution in [-0.2, 0) is 11.0 Å². The number of nitrogens with zero attached hydrogens (tertiary/aromatic N) is 1. The van der Waals surface area contributed by atoms with Crippen LogP contribution in [0, 0.1) is 11.3 Å². The van der Waals surface area contributed by atoms with Crippen molar-refractivity contribution in [2.45, 2.75) is 25.6 Å². The first kappa shape index (κ1) is 15.0. The molecule has 1 aromatic carbocycles. The Hall–Kier alpha value is -2.07. The van der Waals surface area contributed by atoms with Gasteiger partial charge >= 0.3 is 6.18 Å². The van der Waals surface area contributed by atoms with Gasteiger partial charge in [0, 0.05) is 5.69 Å². The fourth-order valence-electron chi connectivity index (χ4n) is 1.37. The van der Waals surface area contributed by atoms with Crippen LogP contribution in [0.5, 0.6) is 0 Å². The van der Waals surface area contributed by atoms with Gasteiger partial charge in [-0.25, -0.2) is 0 Å². The van der Waals surface area contributed by atoms with Crippen molar-refractivity contribution in [3.05, 3.63) is 29.3 Å². The van der Waals surface area contributed by atoms with E-state index in [1.54, 1.807) is 6.92 Å². The van der Waals surface area contributed by atoms with Crippen LogP contribution in [0.3, 0.4) is 0 Å². The van der Waals surface area contributed by atoms with Crippen molar-refractivity contribution in [3.8, 4) is 6.07 Å². The van der Waals surface area contributed by atoms with Crippen LogP contribution in [0.15, 0.2) is 18.2 Å². The Bertz CT molecular complexity index is 520. The van der Waals surface area contributed by atoms with Gasteiger partial charge in [0.25, 0.3) is 0 Å². The number of nitrogens with one attached hydrogen (secondary N) is 1. The quantitative estimate of drug-likeness (QED) is 0.885. The van der Waals surface area contributed by atoms with Gasteiger partial charge in [-0.05, 0) is 24.6 Å². The largest absolute Gasteiger partial charge is 0.417 e. The number of alkyl halides is 3. The number of anilines is 1. The average molecular weight is 271 g/mol. The molecule has 1 atom stereocenters. The summed E-state index contributed by atoms with van der Waals surface area (Å²) >= 11 is 0. The number of carbonyl (C=O) groups excluding carboxylic acids is 1. The smallest absolute Gasteiger partial charge is 0.325 e. The molecule has 0 spiro atoms. The molecular formula is C12H12F3N3O. The summed E-state index contributed by atoms with van der Waals surface area (Å²) in [6.07, 6.45) is -4.28. The molecule has 1 rings (SSSR count). The summed E-state index contributed by atoms with van der Waals surface area (Å²) < 4.78 is 38.1. The molecule has 0 aliphatic rings. The first-order valence-corrected chi connectivity index (χ1v) is 5.47. The number of hydrogen-bond donors (Lipinski definition) is 2. The lowest BCUT2D eigenvalue weighted by molar-refractivity contribution is -0.137. The zero-order valence-corrected chi connectivity index (χ0v) is 10.1. The fraction of sp³-hybridized carbons (Fsp3) is 0.333. The van der Waals surface area contributed by atoms with Gasteiger partial charge in [-0.1, -0.05) is 6.92 Å². The topological polar surface area (TPSA) is 78.9 Å². The van der Waals surface area contributed by atoms with Crippen molar-refractivity contribution >= 4 is 11.6 Å². The SMILES string of the molecule is CC[C@@H](N)C(=O)Nc1ccc(C#N)c(C(F)(F)F)c1. The highest BCUT2D eigenvalue weighted by Crippen LogP contribution is 2.33. The van der Waals surface area contributed by atoms with Crippen molar-refractivity contribution in [2.24, 2.45) is 5.73 Å². The van der Waals surface area contributed by atoms with E-state index in [0.717, 1.165) is 12.1 Å². The van der Waals surface area contributed by atoms with E-state index < -0.39 is 29.3 Å². The third-order valence-corrected chi connectivity index (χ3v) is 2.49. The number of rotatable bonds is 3. The highest BCUT2D eigenvalue weighted by molar-refractivity contribution is 5.94. The third kappa shape index (κ3) is 3.69. The van der Waals surface area contributed by atoms with Crippen molar-refractivity contribution < 1.29 is 18.0 Å². The normalized spacial score (nSPS) is 12.6. The van der Waals surface area contributed by atoms with Gasteiger partial charge in [0.1, 0.15) is 0 Å². The summed E-state index contributed by atoms with van der Waals surface area (Å²) in [5, 5.41) is 10.9. The zero-order chi connectivity index (χ0) is 14.6. The molecule has 0 saturated heterocycles. The van der Waals surface area contributed by atoms with Crippen LogP contribution < -0.4 is 11.1 Å². The van der Waals surface area contributed by atoms with Gasteiger partial charge < -0.3 is 11.1 Å². The summed E-state index contributed by atoms with van der Waals surface area (Å²) in [4.78, 5) is 11.5.